The molecule has 0 spiro atoms. The summed E-state index contributed by atoms with van der Waals surface area (Å²) < 4.78 is 10.1. The number of ether oxygens (including phenoxy) is 2. The van der Waals surface area contributed by atoms with Crippen molar-refractivity contribution >= 4 is 11.9 Å². The summed E-state index contributed by atoms with van der Waals surface area (Å²) in [7, 11) is 0. The number of benzene rings is 1. The zero-order valence-corrected chi connectivity index (χ0v) is 13.2. The number of esters is 2. The molecule has 0 radical (unpaired) electrons. The number of carbonyl (C=O) groups excluding carboxylic acids is 2. The molecular formula is C18H22O4. The maximum absolute atomic E-state index is 11.2. The van der Waals surface area contributed by atoms with Crippen LogP contribution in [-0.4, -0.2) is 25.2 Å². The van der Waals surface area contributed by atoms with Crippen molar-refractivity contribution in [3.05, 3.63) is 59.7 Å². The van der Waals surface area contributed by atoms with E-state index in [0.29, 0.717) is 37.2 Å². The highest BCUT2D eigenvalue weighted by Gasteiger charge is 2.04. The average Bonchev–Trinajstić information content (AvgIpc) is 2.48. The Balaban J connectivity index is 2.34. The maximum Gasteiger partial charge on any atom is 0.333 e. The molecule has 0 aromatic heterocycles. The van der Waals surface area contributed by atoms with Crippen LogP contribution >= 0.6 is 0 Å². The van der Waals surface area contributed by atoms with E-state index in [1.54, 1.807) is 13.8 Å². The second kappa shape index (κ2) is 8.82. The van der Waals surface area contributed by atoms with Crippen LogP contribution in [0.4, 0.5) is 0 Å². The fraction of sp³-hybridized carbons (Fsp3) is 0.333. The highest BCUT2D eigenvalue weighted by molar-refractivity contribution is 5.87. The van der Waals surface area contributed by atoms with Gasteiger partial charge < -0.3 is 9.47 Å². The Kier molecular flexibility index (Phi) is 7.09. The molecule has 0 unspecified atom stereocenters. The molecule has 0 aliphatic rings. The molecule has 1 aromatic carbocycles. The summed E-state index contributed by atoms with van der Waals surface area (Å²) in [5.41, 5.74) is 2.97. The molecule has 0 atom stereocenters. The minimum atomic E-state index is -0.365. The number of hydrogen-bond donors (Lipinski definition) is 0. The van der Waals surface area contributed by atoms with Crippen LogP contribution in [0.1, 0.15) is 25.0 Å². The molecule has 4 nitrogen and oxygen atoms in total. The summed E-state index contributed by atoms with van der Waals surface area (Å²) in [4.78, 5) is 22.5. The summed E-state index contributed by atoms with van der Waals surface area (Å²) in [5.74, 6) is -0.730. The van der Waals surface area contributed by atoms with Crippen molar-refractivity contribution in [2.45, 2.75) is 26.7 Å². The minimum Gasteiger partial charge on any atom is -0.462 e. The summed E-state index contributed by atoms with van der Waals surface area (Å²) in [6.45, 7) is 11.0. The lowest BCUT2D eigenvalue weighted by Gasteiger charge is -2.07. The van der Waals surface area contributed by atoms with Gasteiger partial charge >= 0.3 is 11.9 Å². The molecule has 0 heterocycles. The molecule has 1 rings (SSSR count). The molecular weight excluding hydrogens is 280 g/mol. The monoisotopic (exact) mass is 302 g/mol. The summed E-state index contributed by atoms with van der Waals surface area (Å²) in [6.07, 6.45) is 1.31. The average molecular weight is 302 g/mol. The second-order valence-electron chi connectivity index (χ2n) is 5.15. The van der Waals surface area contributed by atoms with Crippen LogP contribution in [0.15, 0.2) is 48.6 Å². The first kappa shape index (κ1) is 17.7. The minimum absolute atomic E-state index is 0.335. The Hall–Kier alpha value is -2.36. The van der Waals surface area contributed by atoms with Gasteiger partial charge in [-0.25, -0.2) is 9.59 Å². The van der Waals surface area contributed by atoms with E-state index in [2.05, 4.69) is 13.2 Å². The molecule has 0 saturated heterocycles. The largest absolute Gasteiger partial charge is 0.462 e. The highest BCUT2D eigenvalue weighted by atomic mass is 16.5. The Morgan fingerprint density at radius 2 is 1.14 bits per heavy atom. The quantitative estimate of drug-likeness (QED) is 0.547. The first-order valence-electron chi connectivity index (χ1n) is 7.13. The number of hydrogen-bond acceptors (Lipinski definition) is 4. The summed E-state index contributed by atoms with van der Waals surface area (Å²) >= 11 is 0. The van der Waals surface area contributed by atoms with Crippen LogP contribution in [0.2, 0.25) is 0 Å². The van der Waals surface area contributed by atoms with Gasteiger partial charge in [-0.2, -0.15) is 0 Å². The van der Waals surface area contributed by atoms with Crippen molar-refractivity contribution in [1.29, 1.82) is 0 Å². The number of carbonyl (C=O) groups is 2. The van der Waals surface area contributed by atoms with Crippen LogP contribution < -0.4 is 0 Å². The molecule has 0 N–H and O–H groups in total. The van der Waals surface area contributed by atoms with Crippen molar-refractivity contribution in [2.75, 3.05) is 13.2 Å². The molecule has 0 saturated carbocycles. The molecule has 0 aliphatic heterocycles. The van der Waals surface area contributed by atoms with E-state index in [9.17, 15) is 9.59 Å². The lowest BCUT2D eigenvalue weighted by Crippen LogP contribution is -2.08. The molecule has 4 heteroatoms. The summed E-state index contributed by atoms with van der Waals surface area (Å²) in [6, 6.07) is 7.91. The Morgan fingerprint density at radius 3 is 1.41 bits per heavy atom. The smallest absolute Gasteiger partial charge is 0.333 e. The Bertz CT molecular complexity index is 504. The molecule has 22 heavy (non-hydrogen) atoms. The van der Waals surface area contributed by atoms with Crippen LogP contribution in [0.5, 0.6) is 0 Å². The lowest BCUT2D eigenvalue weighted by molar-refractivity contribution is -0.139. The number of rotatable bonds is 8. The normalized spacial score (nSPS) is 9.91. The third kappa shape index (κ3) is 6.39. The van der Waals surface area contributed by atoms with Crippen molar-refractivity contribution in [1.82, 2.24) is 0 Å². The molecule has 0 amide bonds. The molecule has 0 fully saturated rings. The van der Waals surface area contributed by atoms with Gasteiger partial charge in [0.2, 0.25) is 0 Å². The molecule has 1 aromatic rings. The SMILES string of the molecule is C=C(C)C(=O)OCCc1ccc(CCOC(=O)C(=C)C)cc1. The zero-order valence-electron chi connectivity index (χ0n) is 13.2. The van der Waals surface area contributed by atoms with E-state index in [1.807, 2.05) is 24.3 Å². The van der Waals surface area contributed by atoms with Crippen LogP contribution in [0, 0.1) is 0 Å². The van der Waals surface area contributed by atoms with Crippen LogP contribution in [0.3, 0.4) is 0 Å². The third-order valence-electron chi connectivity index (χ3n) is 2.97. The maximum atomic E-state index is 11.2. The fourth-order valence-corrected chi connectivity index (χ4v) is 1.64. The standard InChI is InChI=1S/C18H22O4/c1-13(2)17(19)21-11-9-15-5-7-16(8-6-15)10-12-22-18(20)14(3)4/h5-8H,1,3,9-12H2,2,4H3. The van der Waals surface area contributed by atoms with Crippen LogP contribution in [0.25, 0.3) is 0 Å². The van der Waals surface area contributed by atoms with Gasteiger partial charge in [-0.1, -0.05) is 37.4 Å². The topological polar surface area (TPSA) is 52.6 Å². The van der Waals surface area contributed by atoms with Crippen molar-refractivity contribution in [3.63, 3.8) is 0 Å². The molecule has 118 valence electrons. The highest BCUT2D eigenvalue weighted by Crippen LogP contribution is 2.07. The van der Waals surface area contributed by atoms with E-state index in [0.717, 1.165) is 11.1 Å². The van der Waals surface area contributed by atoms with E-state index < -0.39 is 0 Å². The Morgan fingerprint density at radius 1 is 0.818 bits per heavy atom. The molecule has 0 aliphatic carbocycles. The molecule has 0 bridgehead atoms. The van der Waals surface area contributed by atoms with Gasteiger partial charge in [0.15, 0.2) is 0 Å². The third-order valence-corrected chi connectivity index (χ3v) is 2.97. The summed E-state index contributed by atoms with van der Waals surface area (Å²) in [5, 5.41) is 0. The lowest BCUT2D eigenvalue weighted by atomic mass is 10.1. The van der Waals surface area contributed by atoms with E-state index in [1.165, 1.54) is 0 Å². The van der Waals surface area contributed by atoms with Gasteiger partial charge in [0, 0.05) is 24.0 Å². The van der Waals surface area contributed by atoms with Gasteiger partial charge in [-0.3, -0.25) is 0 Å². The van der Waals surface area contributed by atoms with Crippen molar-refractivity contribution in [2.24, 2.45) is 0 Å². The van der Waals surface area contributed by atoms with Crippen LogP contribution in [-0.2, 0) is 31.9 Å². The Labute approximate surface area is 131 Å². The fourth-order valence-electron chi connectivity index (χ4n) is 1.64. The van der Waals surface area contributed by atoms with Gasteiger partial charge in [-0.15, -0.1) is 0 Å². The van der Waals surface area contributed by atoms with Gasteiger partial charge in [0.25, 0.3) is 0 Å². The van der Waals surface area contributed by atoms with Crippen molar-refractivity contribution in [3.8, 4) is 0 Å². The van der Waals surface area contributed by atoms with E-state index in [4.69, 9.17) is 9.47 Å². The first-order chi connectivity index (χ1) is 10.4. The van der Waals surface area contributed by atoms with Gasteiger partial charge in [-0.05, 0) is 25.0 Å². The second-order valence-corrected chi connectivity index (χ2v) is 5.15. The van der Waals surface area contributed by atoms with E-state index >= 15 is 0 Å². The van der Waals surface area contributed by atoms with Gasteiger partial charge in [0.05, 0.1) is 13.2 Å². The zero-order chi connectivity index (χ0) is 16.5. The predicted octanol–water partition coefficient (Wildman–Crippen LogP) is 3.01. The first-order valence-corrected chi connectivity index (χ1v) is 7.13. The van der Waals surface area contributed by atoms with Crippen molar-refractivity contribution < 1.29 is 19.1 Å². The predicted molar refractivity (Wildman–Crippen MR) is 85.4 cm³/mol. The van der Waals surface area contributed by atoms with Gasteiger partial charge in [0.1, 0.15) is 0 Å². The van der Waals surface area contributed by atoms with E-state index in [-0.39, 0.29) is 11.9 Å².